The number of ether oxygens (including phenoxy) is 2. The second-order valence-electron chi connectivity index (χ2n) is 12.9. The summed E-state index contributed by atoms with van der Waals surface area (Å²) in [5, 5.41) is 3.93. The topological polar surface area (TPSA) is 18.5 Å². The fourth-order valence-corrected chi connectivity index (χ4v) is 9.34. The molecule has 1 spiro atoms. The first-order chi connectivity index (χ1) is 18.5. The largest absolute Gasteiger partial charge is 0.452 e. The molecule has 39 heavy (non-hydrogen) atoms. The molecular weight excluding hydrogens is 495 g/mol. The first kappa shape index (κ1) is 26.1. The van der Waals surface area contributed by atoms with E-state index in [1.807, 2.05) is 0 Å². The molecule has 0 bridgehead atoms. The smallest absolute Gasteiger partial charge is 0.253 e. The Bertz CT molecular complexity index is 1500. The molecule has 1 unspecified atom stereocenters. The fourth-order valence-electron chi connectivity index (χ4n) is 6.84. The van der Waals surface area contributed by atoms with E-state index in [9.17, 15) is 0 Å². The van der Waals surface area contributed by atoms with Crippen molar-refractivity contribution in [2.75, 3.05) is 0 Å². The van der Waals surface area contributed by atoms with Gasteiger partial charge in [0.2, 0.25) is 0 Å². The van der Waals surface area contributed by atoms with Crippen molar-refractivity contribution in [2.24, 2.45) is 0 Å². The van der Waals surface area contributed by atoms with Crippen LogP contribution in [0.15, 0.2) is 84.9 Å². The molecule has 0 aromatic heterocycles. The highest BCUT2D eigenvalue weighted by Gasteiger charge is 2.54. The van der Waals surface area contributed by atoms with Gasteiger partial charge in [-0.05, 0) is 56.5 Å². The summed E-state index contributed by atoms with van der Waals surface area (Å²) in [6.45, 7) is 16.0. The molecule has 2 heterocycles. The minimum absolute atomic E-state index is 0.0770. The lowest BCUT2D eigenvalue weighted by Crippen LogP contribution is -2.56. The zero-order chi connectivity index (χ0) is 27.6. The molecule has 4 aromatic carbocycles. The van der Waals surface area contributed by atoms with Crippen molar-refractivity contribution < 1.29 is 9.47 Å². The fraction of sp³-hybridized carbons (Fsp3) is 0.333. The van der Waals surface area contributed by atoms with Crippen LogP contribution in [0.25, 0.3) is 0 Å². The molecule has 0 aliphatic carbocycles. The molecular formula is C36H39O2P. The molecule has 2 aliphatic heterocycles. The Morgan fingerprint density at radius 1 is 0.590 bits per heavy atom. The van der Waals surface area contributed by atoms with Crippen LogP contribution in [0, 0.1) is 20.8 Å². The lowest BCUT2D eigenvalue weighted by Gasteiger charge is -2.52. The predicted octanol–water partition coefficient (Wildman–Crippen LogP) is 7.89. The summed E-state index contributed by atoms with van der Waals surface area (Å²) in [5.74, 6) is 1.28. The Morgan fingerprint density at radius 2 is 1.05 bits per heavy atom. The summed E-state index contributed by atoms with van der Waals surface area (Å²) in [5.41, 5.74) is 6.12. The highest BCUT2D eigenvalue weighted by Crippen LogP contribution is 2.55. The van der Waals surface area contributed by atoms with Crippen LogP contribution >= 0.6 is 7.92 Å². The highest BCUT2D eigenvalue weighted by molar-refractivity contribution is 7.80. The average Bonchev–Trinajstić information content (AvgIpc) is 2.87. The minimum atomic E-state index is -0.824. The van der Waals surface area contributed by atoms with Gasteiger partial charge >= 0.3 is 0 Å². The van der Waals surface area contributed by atoms with Crippen LogP contribution in [0.4, 0.5) is 0 Å². The molecule has 3 heteroatoms. The van der Waals surface area contributed by atoms with E-state index in [2.05, 4.69) is 133 Å². The van der Waals surface area contributed by atoms with Crippen molar-refractivity contribution in [3.8, 4) is 11.5 Å². The van der Waals surface area contributed by atoms with Crippen LogP contribution in [0.2, 0.25) is 0 Å². The van der Waals surface area contributed by atoms with Crippen molar-refractivity contribution in [1.29, 1.82) is 0 Å². The van der Waals surface area contributed by atoms with Crippen molar-refractivity contribution in [3.63, 3.8) is 0 Å². The third-order valence-electron chi connectivity index (χ3n) is 8.36. The zero-order valence-corrected chi connectivity index (χ0v) is 25.2. The van der Waals surface area contributed by atoms with Gasteiger partial charge in [0.05, 0.1) is 0 Å². The van der Waals surface area contributed by atoms with E-state index in [0.717, 1.165) is 24.3 Å². The van der Waals surface area contributed by atoms with Crippen LogP contribution in [0.5, 0.6) is 11.5 Å². The molecule has 0 saturated carbocycles. The molecule has 0 radical (unpaired) electrons. The number of aryl methyl sites for hydroxylation is 3. The Labute approximate surface area is 235 Å². The first-order valence-electron chi connectivity index (χ1n) is 14.0. The monoisotopic (exact) mass is 534 g/mol. The van der Waals surface area contributed by atoms with Gasteiger partial charge in [-0.25, -0.2) is 0 Å². The summed E-state index contributed by atoms with van der Waals surface area (Å²) in [7, 11) is -0.824. The van der Waals surface area contributed by atoms with Crippen molar-refractivity contribution >= 4 is 23.8 Å². The van der Waals surface area contributed by atoms with Gasteiger partial charge < -0.3 is 9.47 Å². The second kappa shape index (κ2) is 9.24. The standard InChI is InChI=1S/C36H39O2P/c1-24-18-26(3)32-29(19-24)34(4,5)22-36(37-32)23-35(6,7)30-20-25(2)21-31(33(30)38-36)39(27-14-10-8-11-15-27)28-16-12-9-13-17-28/h8-21H,22-23H2,1-7H3. The van der Waals surface area contributed by atoms with Crippen molar-refractivity contribution in [1.82, 2.24) is 0 Å². The number of benzene rings is 4. The molecule has 1 atom stereocenters. The van der Waals surface area contributed by atoms with E-state index in [-0.39, 0.29) is 10.8 Å². The molecule has 6 rings (SSSR count). The van der Waals surface area contributed by atoms with Gasteiger partial charge in [0, 0.05) is 40.1 Å². The normalized spacial score (nSPS) is 20.6. The summed E-state index contributed by atoms with van der Waals surface area (Å²) >= 11 is 0. The predicted molar refractivity (Wildman–Crippen MR) is 165 cm³/mol. The van der Waals surface area contributed by atoms with Gasteiger partial charge in [-0.15, -0.1) is 0 Å². The summed E-state index contributed by atoms with van der Waals surface area (Å²) in [6.07, 6.45) is 1.61. The van der Waals surface area contributed by atoms with Gasteiger partial charge in [0.15, 0.2) is 0 Å². The Balaban J connectivity index is 1.56. The van der Waals surface area contributed by atoms with Crippen molar-refractivity contribution in [2.45, 2.75) is 77.9 Å². The van der Waals surface area contributed by atoms with Crippen LogP contribution < -0.4 is 25.4 Å². The third kappa shape index (κ3) is 4.57. The maximum Gasteiger partial charge on any atom is 0.253 e. The quantitative estimate of drug-likeness (QED) is 0.249. The van der Waals surface area contributed by atoms with Crippen LogP contribution in [0.1, 0.15) is 68.4 Å². The Kier molecular flexibility index (Phi) is 6.20. The van der Waals surface area contributed by atoms with Crippen LogP contribution in [-0.4, -0.2) is 5.79 Å². The van der Waals surface area contributed by atoms with Crippen LogP contribution in [-0.2, 0) is 10.8 Å². The average molecular weight is 535 g/mol. The van der Waals surface area contributed by atoms with E-state index in [0.29, 0.717) is 0 Å². The van der Waals surface area contributed by atoms with Gasteiger partial charge in [0.25, 0.3) is 5.79 Å². The van der Waals surface area contributed by atoms with E-state index < -0.39 is 13.7 Å². The van der Waals surface area contributed by atoms with Gasteiger partial charge in [0.1, 0.15) is 11.5 Å². The van der Waals surface area contributed by atoms with Crippen LogP contribution in [0.3, 0.4) is 0 Å². The van der Waals surface area contributed by atoms with Gasteiger partial charge in [-0.3, -0.25) is 0 Å². The van der Waals surface area contributed by atoms with Gasteiger partial charge in [-0.1, -0.05) is 112 Å². The molecule has 4 aromatic rings. The number of fused-ring (bicyclic) bond motifs is 2. The minimum Gasteiger partial charge on any atom is -0.452 e. The summed E-state index contributed by atoms with van der Waals surface area (Å²) in [6, 6.07) is 31.1. The molecule has 2 aliphatic rings. The van der Waals surface area contributed by atoms with E-state index in [4.69, 9.17) is 9.47 Å². The molecule has 2 nitrogen and oxygen atoms in total. The molecule has 0 N–H and O–H groups in total. The SMILES string of the molecule is Cc1cc(C)c2c(c1)C(C)(C)CC1(CC(C)(C)c3cc(C)cc(P(c4ccccc4)c4ccccc4)c3O1)O2. The van der Waals surface area contributed by atoms with E-state index in [1.165, 1.54) is 43.7 Å². The lowest BCUT2D eigenvalue weighted by molar-refractivity contribution is -0.166. The van der Waals surface area contributed by atoms with Gasteiger partial charge in [-0.2, -0.15) is 0 Å². The summed E-state index contributed by atoms with van der Waals surface area (Å²) < 4.78 is 14.3. The number of hydrogen-bond donors (Lipinski definition) is 0. The summed E-state index contributed by atoms with van der Waals surface area (Å²) in [4.78, 5) is 0. The first-order valence-corrected chi connectivity index (χ1v) is 15.4. The molecule has 0 saturated heterocycles. The molecule has 0 amide bonds. The number of rotatable bonds is 3. The highest BCUT2D eigenvalue weighted by atomic mass is 31.1. The van der Waals surface area contributed by atoms with Crippen molar-refractivity contribution in [3.05, 3.63) is 113 Å². The third-order valence-corrected chi connectivity index (χ3v) is 10.8. The molecule has 0 fully saturated rings. The number of hydrogen-bond acceptors (Lipinski definition) is 2. The maximum absolute atomic E-state index is 7.28. The lowest BCUT2D eigenvalue weighted by atomic mass is 9.68. The van der Waals surface area contributed by atoms with E-state index in [1.54, 1.807) is 0 Å². The Morgan fingerprint density at radius 3 is 1.59 bits per heavy atom. The van der Waals surface area contributed by atoms with E-state index >= 15 is 0 Å². The zero-order valence-electron chi connectivity index (χ0n) is 24.3. The maximum atomic E-state index is 7.28. The Hall–Kier alpha value is -3.09. The second-order valence-corrected chi connectivity index (χ2v) is 15.0. The molecule has 200 valence electrons.